The van der Waals surface area contributed by atoms with Gasteiger partial charge in [0.05, 0.1) is 18.8 Å². The standard InChI is InChI=1S/C19H27ClN4O2/c1-3-14-10-16(9-13(14)2)22-18-21-11-15-12-24(7-5-17(15)23-18)19(25)26-8-4-6-20/h3,11,13-14,16H,1,4-10,12H2,2H3,(H,21,22,23). The Balaban J connectivity index is 1.57. The van der Waals surface area contributed by atoms with Crippen molar-refractivity contribution in [3.63, 3.8) is 0 Å². The summed E-state index contributed by atoms with van der Waals surface area (Å²) in [5, 5.41) is 3.47. The molecule has 1 amide bonds. The second-order valence-corrected chi connectivity index (χ2v) is 7.56. The summed E-state index contributed by atoms with van der Waals surface area (Å²) in [5.74, 6) is 2.38. The minimum atomic E-state index is -0.293. The van der Waals surface area contributed by atoms with Gasteiger partial charge in [-0.05, 0) is 31.1 Å². The normalized spacial score (nSPS) is 24.8. The summed E-state index contributed by atoms with van der Waals surface area (Å²) in [4.78, 5) is 22.9. The molecule has 0 aromatic carbocycles. The van der Waals surface area contributed by atoms with E-state index in [0.717, 1.165) is 24.1 Å². The first-order valence-corrected chi connectivity index (χ1v) is 9.85. The van der Waals surface area contributed by atoms with Crippen LogP contribution >= 0.6 is 11.6 Å². The number of hydrogen-bond acceptors (Lipinski definition) is 5. The van der Waals surface area contributed by atoms with Crippen LogP contribution in [0, 0.1) is 11.8 Å². The number of nitrogens with zero attached hydrogens (tertiary/aromatic N) is 3. The number of hydrogen-bond donors (Lipinski definition) is 1. The molecule has 2 heterocycles. The van der Waals surface area contributed by atoms with Crippen molar-refractivity contribution in [2.24, 2.45) is 11.8 Å². The summed E-state index contributed by atoms with van der Waals surface area (Å²) in [7, 11) is 0. The molecule has 1 saturated carbocycles. The van der Waals surface area contributed by atoms with Crippen LogP contribution < -0.4 is 5.32 Å². The molecule has 0 bridgehead atoms. The van der Waals surface area contributed by atoms with Crippen LogP contribution in [0.5, 0.6) is 0 Å². The molecule has 1 aliphatic carbocycles. The zero-order valence-corrected chi connectivity index (χ0v) is 16.0. The predicted molar refractivity (Wildman–Crippen MR) is 102 cm³/mol. The van der Waals surface area contributed by atoms with E-state index in [1.54, 1.807) is 4.90 Å². The minimum Gasteiger partial charge on any atom is -0.449 e. The van der Waals surface area contributed by atoms with E-state index >= 15 is 0 Å². The Bertz CT molecular complexity index is 654. The van der Waals surface area contributed by atoms with Gasteiger partial charge in [0.1, 0.15) is 0 Å². The largest absolute Gasteiger partial charge is 0.449 e. The summed E-state index contributed by atoms with van der Waals surface area (Å²) < 4.78 is 5.22. The Morgan fingerprint density at radius 3 is 3.12 bits per heavy atom. The van der Waals surface area contributed by atoms with Crippen molar-refractivity contribution in [1.29, 1.82) is 0 Å². The molecule has 1 N–H and O–H groups in total. The molecule has 0 radical (unpaired) electrons. The van der Waals surface area contributed by atoms with Gasteiger partial charge >= 0.3 is 6.09 Å². The van der Waals surface area contributed by atoms with Crippen LogP contribution in [0.1, 0.15) is 37.4 Å². The van der Waals surface area contributed by atoms with Crippen LogP contribution in [0.2, 0.25) is 0 Å². The second-order valence-electron chi connectivity index (χ2n) is 7.18. The Kier molecular flexibility index (Phi) is 6.35. The highest BCUT2D eigenvalue weighted by Gasteiger charge is 2.30. The van der Waals surface area contributed by atoms with E-state index in [0.29, 0.717) is 62.2 Å². The number of fused-ring (bicyclic) bond motifs is 1. The summed E-state index contributed by atoms with van der Waals surface area (Å²) >= 11 is 5.61. The highest BCUT2D eigenvalue weighted by Crippen LogP contribution is 2.33. The lowest BCUT2D eigenvalue weighted by molar-refractivity contribution is 0.0977. The number of aromatic nitrogens is 2. The van der Waals surface area contributed by atoms with E-state index in [4.69, 9.17) is 16.3 Å². The lowest BCUT2D eigenvalue weighted by atomic mass is 9.99. The summed E-state index contributed by atoms with van der Waals surface area (Å²) in [6.07, 6.45) is 7.16. The second kappa shape index (κ2) is 8.71. The number of anilines is 1. The molecule has 142 valence electrons. The number of amides is 1. The highest BCUT2D eigenvalue weighted by molar-refractivity contribution is 6.17. The highest BCUT2D eigenvalue weighted by atomic mass is 35.5. The molecule has 26 heavy (non-hydrogen) atoms. The first-order chi connectivity index (χ1) is 12.6. The van der Waals surface area contributed by atoms with Crippen LogP contribution in [-0.4, -0.2) is 46.0 Å². The quantitative estimate of drug-likeness (QED) is 0.465. The van der Waals surface area contributed by atoms with Crippen LogP contribution in [-0.2, 0) is 17.7 Å². The molecule has 1 fully saturated rings. The Morgan fingerprint density at radius 2 is 2.38 bits per heavy atom. The van der Waals surface area contributed by atoms with E-state index in [9.17, 15) is 4.79 Å². The van der Waals surface area contributed by atoms with Gasteiger partial charge in [0.25, 0.3) is 0 Å². The zero-order chi connectivity index (χ0) is 18.5. The number of alkyl halides is 1. The molecule has 3 unspecified atom stereocenters. The first-order valence-electron chi connectivity index (χ1n) is 9.32. The fourth-order valence-electron chi connectivity index (χ4n) is 3.76. The van der Waals surface area contributed by atoms with Gasteiger partial charge in [0.15, 0.2) is 0 Å². The third kappa shape index (κ3) is 4.47. The van der Waals surface area contributed by atoms with Crippen molar-refractivity contribution < 1.29 is 9.53 Å². The Morgan fingerprint density at radius 1 is 1.54 bits per heavy atom. The van der Waals surface area contributed by atoms with Gasteiger partial charge < -0.3 is 15.0 Å². The lowest BCUT2D eigenvalue weighted by Gasteiger charge is -2.27. The average Bonchev–Trinajstić information content (AvgIpc) is 3.00. The molecule has 2 aliphatic rings. The lowest BCUT2D eigenvalue weighted by Crippen LogP contribution is -2.37. The molecule has 0 spiro atoms. The van der Waals surface area contributed by atoms with Crippen LogP contribution in [0.15, 0.2) is 18.9 Å². The van der Waals surface area contributed by atoms with Gasteiger partial charge in [-0.15, -0.1) is 18.2 Å². The van der Waals surface area contributed by atoms with E-state index in [1.165, 1.54) is 0 Å². The van der Waals surface area contributed by atoms with Gasteiger partial charge in [0.2, 0.25) is 5.95 Å². The van der Waals surface area contributed by atoms with Crippen molar-refractivity contribution in [2.45, 2.75) is 45.2 Å². The maximum absolute atomic E-state index is 12.1. The topological polar surface area (TPSA) is 67.4 Å². The van der Waals surface area contributed by atoms with Crippen LogP contribution in [0.25, 0.3) is 0 Å². The first kappa shape index (κ1) is 19.0. The summed E-state index contributed by atoms with van der Waals surface area (Å²) in [6.45, 7) is 7.66. The molecule has 3 atom stereocenters. The van der Waals surface area contributed by atoms with Gasteiger partial charge in [0, 0.05) is 36.6 Å². The van der Waals surface area contributed by atoms with Crippen LogP contribution in [0.3, 0.4) is 0 Å². The van der Waals surface area contributed by atoms with Crippen molar-refractivity contribution >= 4 is 23.6 Å². The van der Waals surface area contributed by atoms with E-state index in [2.05, 4.69) is 34.9 Å². The van der Waals surface area contributed by atoms with Gasteiger partial charge in [-0.25, -0.2) is 14.8 Å². The monoisotopic (exact) mass is 378 g/mol. The number of carbonyl (C=O) groups excluding carboxylic acids is 1. The van der Waals surface area contributed by atoms with Gasteiger partial charge in [-0.2, -0.15) is 0 Å². The van der Waals surface area contributed by atoms with E-state index in [-0.39, 0.29) is 6.09 Å². The summed E-state index contributed by atoms with van der Waals surface area (Å²) in [6, 6.07) is 0.392. The molecule has 1 aliphatic heterocycles. The van der Waals surface area contributed by atoms with E-state index < -0.39 is 0 Å². The van der Waals surface area contributed by atoms with Crippen molar-refractivity contribution in [3.8, 4) is 0 Å². The average molecular weight is 379 g/mol. The SMILES string of the molecule is C=CC1CC(Nc2ncc3c(n2)CCN(C(=O)OCCCCl)C3)CC1C. The molecular weight excluding hydrogens is 352 g/mol. The van der Waals surface area contributed by atoms with E-state index in [1.807, 2.05) is 6.20 Å². The Hall–Kier alpha value is -1.82. The van der Waals surface area contributed by atoms with Crippen LogP contribution in [0.4, 0.5) is 10.7 Å². The summed E-state index contributed by atoms with van der Waals surface area (Å²) in [5.41, 5.74) is 2.00. The Labute approximate surface area is 160 Å². The maximum Gasteiger partial charge on any atom is 0.410 e. The smallest absolute Gasteiger partial charge is 0.410 e. The predicted octanol–water partition coefficient (Wildman–Crippen LogP) is 3.61. The minimum absolute atomic E-state index is 0.293. The number of allylic oxidation sites excluding steroid dienone is 1. The van der Waals surface area contributed by atoms with Gasteiger partial charge in [-0.1, -0.05) is 13.0 Å². The number of nitrogens with one attached hydrogen (secondary N) is 1. The molecule has 1 aromatic heterocycles. The molecular formula is C19H27ClN4O2. The fraction of sp³-hybridized carbons (Fsp3) is 0.632. The molecule has 7 heteroatoms. The zero-order valence-electron chi connectivity index (χ0n) is 15.3. The molecule has 6 nitrogen and oxygen atoms in total. The molecule has 3 rings (SSSR count). The van der Waals surface area contributed by atoms with Crippen molar-refractivity contribution in [1.82, 2.24) is 14.9 Å². The molecule has 0 saturated heterocycles. The fourth-order valence-corrected chi connectivity index (χ4v) is 3.87. The maximum atomic E-state index is 12.1. The van der Waals surface area contributed by atoms with Gasteiger partial charge in [-0.3, -0.25) is 0 Å². The molecule has 1 aromatic rings. The number of ether oxygens (including phenoxy) is 1. The number of rotatable bonds is 6. The third-order valence-corrected chi connectivity index (χ3v) is 5.54. The number of carbonyl (C=O) groups is 1. The number of halogens is 1. The van der Waals surface area contributed by atoms with Crippen molar-refractivity contribution in [2.75, 3.05) is 24.3 Å². The third-order valence-electron chi connectivity index (χ3n) is 5.28. The van der Waals surface area contributed by atoms with Crippen molar-refractivity contribution in [3.05, 3.63) is 30.1 Å².